The van der Waals surface area contributed by atoms with Crippen LogP contribution in [0.1, 0.15) is 45.1 Å². The van der Waals surface area contributed by atoms with Crippen molar-refractivity contribution in [1.29, 1.82) is 10.5 Å². The van der Waals surface area contributed by atoms with Gasteiger partial charge < -0.3 is 23.7 Å². The van der Waals surface area contributed by atoms with E-state index in [4.69, 9.17) is 28.9 Å². The van der Waals surface area contributed by atoms with E-state index >= 15 is 4.39 Å². The number of thioether (sulfide) groups is 1. The van der Waals surface area contributed by atoms with Gasteiger partial charge >= 0.3 is 12.1 Å². The highest BCUT2D eigenvalue weighted by molar-refractivity contribution is 8.00. The lowest BCUT2D eigenvalue weighted by molar-refractivity contribution is -0.146. The highest BCUT2D eigenvalue weighted by Gasteiger charge is 2.47. The molecule has 12 nitrogen and oxygen atoms in total. The quantitative estimate of drug-likeness (QED) is 0.0681. The first-order chi connectivity index (χ1) is 27.0. The van der Waals surface area contributed by atoms with Crippen LogP contribution in [0.25, 0.3) is 6.08 Å². The molecule has 1 aliphatic rings. The Morgan fingerprint density at radius 2 is 1.79 bits per heavy atom. The molecule has 1 fully saturated rings. The molecule has 0 spiro atoms. The van der Waals surface area contributed by atoms with Crippen LogP contribution in [-0.2, 0) is 42.4 Å². The third kappa shape index (κ3) is 10.5. The number of hydrogen-bond acceptors (Lipinski definition) is 12. The molecule has 288 valence electrons. The summed E-state index contributed by atoms with van der Waals surface area (Å²) in [6, 6.07) is 15.0. The molecule has 2 atom stereocenters. The monoisotopic (exact) mass is 785 g/mol. The van der Waals surface area contributed by atoms with Gasteiger partial charge in [-0.25, -0.2) is 32.4 Å². The summed E-state index contributed by atoms with van der Waals surface area (Å²) in [5.74, 6) is -3.40. The molecular weight excluding hydrogens is 752 g/mol. The van der Waals surface area contributed by atoms with Gasteiger partial charge in [-0.05, 0) is 49.4 Å². The Kier molecular flexibility index (Phi) is 14.2. The number of hydrogen-bond donors (Lipinski definition) is 0. The Morgan fingerprint density at radius 3 is 2.46 bits per heavy atom. The lowest BCUT2D eigenvalue weighted by atomic mass is 9.89. The number of carbonyl (C=O) groups is 2. The maximum Gasteiger partial charge on any atom is 0.508 e. The largest absolute Gasteiger partial charge is 0.508 e. The van der Waals surface area contributed by atoms with Crippen molar-refractivity contribution in [3.8, 4) is 12.1 Å². The number of ether oxygens (including phenoxy) is 5. The molecule has 0 unspecified atom stereocenters. The minimum atomic E-state index is -1.90. The Bertz CT molecular complexity index is 2180. The fourth-order valence-electron chi connectivity index (χ4n) is 5.61. The average Bonchev–Trinajstić information content (AvgIpc) is 3.71. The summed E-state index contributed by atoms with van der Waals surface area (Å²) in [6.45, 7) is 4.65. The number of nitriles is 2. The fourth-order valence-corrected chi connectivity index (χ4v) is 6.97. The normalized spacial score (nSPS) is 17.0. The van der Waals surface area contributed by atoms with Crippen LogP contribution in [0.5, 0.6) is 0 Å². The first-order valence-corrected chi connectivity index (χ1v) is 17.9. The summed E-state index contributed by atoms with van der Waals surface area (Å²) in [4.78, 5) is 30.4. The van der Waals surface area contributed by atoms with Crippen LogP contribution in [0.4, 0.5) is 18.0 Å². The van der Waals surface area contributed by atoms with E-state index < -0.39 is 53.3 Å². The summed E-state index contributed by atoms with van der Waals surface area (Å²) in [6.07, 6.45) is 8.55. The Balaban J connectivity index is 1.40. The number of rotatable bonds is 15. The first-order valence-electron chi connectivity index (χ1n) is 16.9. The average molecular weight is 786 g/mol. The summed E-state index contributed by atoms with van der Waals surface area (Å²) >= 11 is 1.26. The molecule has 0 bridgehead atoms. The second-order valence-electron chi connectivity index (χ2n) is 12.1. The Hall–Kier alpha value is -6.20. The minimum Gasteiger partial charge on any atom is -0.447 e. The Morgan fingerprint density at radius 1 is 1.04 bits per heavy atom. The Labute approximate surface area is 324 Å². The zero-order valence-corrected chi connectivity index (χ0v) is 30.7. The van der Waals surface area contributed by atoms with Gasteiger partial charge in [0.25, 0.3) is 0 Å². The lowest BCUT2D eigenvalue weighted by Crippen LogP contribution is -2.47. The van der Waals surface area contributed by atoms with Gasteiger partial charge in [-0.1, -0.05) is 43.0 Å². The van der Waals surface area contributed by atoms with Crippen molar-refractivity contribution in [2.75, 3.05) is 19.8 Å². The molecule has 0 radical (unpaired) electrons. The molecule has 5 rings (SSSR count). The van der Waals surface area contributed by atoms with E-state index in [1.54, 1.807) is 25.2 Å². The highest BCUT2D eigenvalue weighted by Crippen LogP contribution is 2.42. The standard InChI is InChI=1S/C40H34F3N5O7S/c1-3-14-51-39(50)54-20-30-11-9-27(18-44)15-33(30)38(49)55-40(23-48-25-46-24-47-48,34-13-12-31(41)17-36(34)43)26(2)56-32-21-52-37(53-22-32)7-5-4-6-29-10-8-28(19-45)16-35(29)42/h3-13,15-17,24-26,32,37H,1,14,20-23H2,2H3/b6-4+,7-5+/t26-,32?,37?,40-/m1/s1. The molecule has 16 heteroatoms. The maximum atomic E-state index is 15.9. The predicted octanol–water partition coefficient (Wildman–Crippen LogP) is 7.16. The molecule has 1 aromatic heterocycles. The number of aromatic nitrogens is 3. The third-order valence-electron chi connectivity index (χ3n) is 8.38. The van der Waals surface area contributed by atoms with Crippen LogP contribution < -0.4 is 0 Å². The number of esters is 1. The second-order valence-corrected chi connectivity index (χ2v) is 13.8. The summed E-state index contributed by atoms with van der Waals surface area (Å²) in [5.41, 5.74) is -1.48. The van der Waals surface area contributed by atoms with Crippen LogP contribution in [0, 0.1) is 40.1 Å². The molecule has 1 aliphatic heterocycles. The first kappa shape index (κ1) is 41.0. The minimum absolute atomic E-state index is 0.0872. The smallest absolute Gasteiger partial charge is 0.447 e. The number of halogens is 3. The molecule has 0 N–H and O–H groups in total. The zero-order chi connectivity index (χ0) is 40.1. The van der Waals surface area contributed by atoms with Gasteiger partial charge in [0.2, 0.25) is 0 Å². The molecule has 0 amide bonds. The van der Waals surface area contributed by atoms with E-state index in [0.717, 1.165) is 12.1 Å². The topological polar surface area (TPSA) is 159 Å². The van der Waals surface area contributed by atoms with Crippen molar-refractivity contribution in [2.45, 2.75) is 42.5 Å². The molecule has 0 aliphatic carbocycles. The van der Waals surface area contributed by atoms with E-state index in [9.17, 15) is 23.6 Å². The van der Waals surface area contributed by atoms with Gasteiger partial charge in [0.15, 0.2) is 11.9 Å². The summed E-state index contributed by atoms with van der Waals surface area (Å²) < 4.78 is 73.9. The maximum absolute atomic E-state index is 15.9. The van der Waals surface area contributed by atoms with Gasteiger partial charge in [0.1, 0.15) is 43.3 Å². The SMILES string of the molecule is C=CCOC(=O)OCc1ccc(C#N)cc1C(=O)O[C@@](Cn1cncn1)(c1ccc(F)cc1F)[C@@H](C)SC1COC(/C=C/C=C/c2ccc(C#N)cc2F)OC1. The van der Waals surface area contributed by atoms with Crippen LogP contribution >= 0.6 is 11.8 Å². The van der Waals surface area contributed by atoms with E-state index in [2.05, 4.69) is 16.7 Å². The number of allylic oxidation sites excluding steroid dienone is 2. The van der Waals surface area contributed by atoms with Crippen LogP contribution in [-0.4, -0.2) is 63.5 Å². The van der Waals surface area contributed by atoms with E-state index in [0.29, 0.717) is 11.6 Å². The van der Waals surface area contributed by atoms with Crippen molar-refractivity contribution >= 4 is 30.0 Å². The van der Waals surface area contributed by atoms with Crippen molar-refractivity contribution in [3.63, 3.8) is 0 Å². The van der Waals surface area contributed by atoms with Gasteiger partial charge in [0.05, 0.1) is 53.8 Å². The molecule has 3 aromatic carbocycles. The van der Waals surface area contributed by atoms with Gasteiger partial charge in [-0.15, -0.1) is 11.8 Å². The lowest BCUT2D eigenvalue weighted by Gasteiger charge is -2.40. The van der Waals surface area contributed by atoms with E-state index in [-0.39, 0.29) is 59.4 Å². The highest BCUT2D eigenvalue weighted by atomic mass is 32.2. The van der Waals surface area contributed by atoms with Gasteiger partial charge in [-0.3, -0.25) is 0 Å². The summed E-state index contributed by atoms with van der Waals surface area (Å²) in [7, 11) is 0. The molecular formula is C40H34F3N5O7S. The second kappa shape index (κ2) is 19.4. The third-order valence-corrected chi connectivity index (χ3v) is 9.83. The van der Waals surface area contributed by atoms with Gasteiger partial charge in [-0.2, -0.15) is 15.6 Å². The number of nitrogens with zero attached hydrogens (tertiary/aromatic N) is 5. The van der Waals surface area contributed by atoms with Crippen molar-refractivity contribution in [3.05, 3.63) is 149 Å². The van der Waals surface area contributed by atoms with Crippen LogP contribution in [0.2, 0.25) is 0 Å². The van der Waals surface area contributed by atoms with Crippen LogP contribution in [0.3, 0.4) is 0 Å². The molecule has 1 saturated heterocycles. The predicted molar refractivity (Wildman–Crippen MR) is 197 cm³/mol. The van der Waals surface area contributed by atoms with Gasteiger partial charge in [0, 0.05) is 28.0 Å². The van der Waals surface area contributed by atoms with E-state index in [1.165, 1.54) is 77.6 Å². The van der Waals surface area contributed by atoms with E-state index in [1.807, 2.05) is 12.1 Å². The van der Waals surface area contributed by atoms with Crippen molar-refractivity contribution < 1.29 is 46.4 Å². The van der Waals surface area contributed by atoms with Crippen molar-refractivity contribution in [1.82, 2.24) is 14.8 Å². The molecule has 4 aromatic rings. The van der Waals surface area contributed by atoms with Crippen molar-refractivity contribution in [2.24, 2.45) is 0 Å². The number of benzene rings is 3. The molecule has 2 heterocycles. The fraction of sp³-hybridized carbons (Fsp3) is 0.250. The molecule has 56 heavy (non-hydrogen) atoms. The molecule has 0 saturated carbocycles. The van der Waals surface area contributed by atoms with Crippen LogP contribution in [0.15, 0.2) is 98.1 Å². The zero-order valence-electron chi connectivity index (χ0n) is 29.8. The number of carbonyl (C=O) groups excluding carboxylic acids is 2. The summed E-state index contributed by atoms with van der Waals surface area (Å²) in [5, 5.41) is 21.6.